The normalized spacial score (nSPS) is 11.8. The van der Waals surface area contributed by atoms with Crippen molar-refractivity contribution in [1.82, 2.24) is 10.2 Å². The molecule has 0 radical (unpaired) electrons. The molecule has 0 unspecified atom stereocenters. The van der Waals surface area contributed by atoms with Crippen LogP contribution in [0, 0.1) is 6.92 Å². The Morgan fingerprint density at radius 1 is 0.860 bits per heavy atom. The highest BCUT2D eigenvalue weighted by Gasteiger charge is 2.34. The number of methoxy groups -OCH3 is 1. The average molecular weight is 600 g/mol. The lowest BCUT2D eigenvalue weighted by Crippen LogP contribution is -2.53. The van der Waals surface area contributed by atoms with Crippen LogP contribution in [0.15, 0.2) is 114 Å². The fraction of sp³-hybridized carbons (Fsp3) is 0.235. The van der Waals surface area contributed by atoms with E-state index in [9.17, 15) is 18.0 Å². The second-order valence-corrected chi connectivity index (χ2v) is 11.9. The van der Waals surface area contributed by atoms with Gasteiger partial charge in [-0.05, 0) is 54.8 Å². The number of nitrogens with zero attached hydrogens (tertiary/aromatic N) is 2. The van der Waals surface area contributed by atoms with E-state index in [-0.39, 0.29) is 29.5 Å². The smallest absolute Gasteiger partial charge is 0.264 e. The number of benzene rings is 4. The van der Waals surface area contributed by atoms with Crippen molar-refractivity contribution in [3.63, 3.8) is 0 Å². The lowest BCUT2D eigenvalue weighted by atomic mass is 10.0. The number of sulfonamides is 1. The van der Waals surface area contributed by atoms with Crippen LogP contribution in [0.25, 0.3) is 0 Å². The van der Waals surface area contributed by atoms with Gasteiger partial charge in [0.05, 0.1) is 17.7 Å². The summed E-state index contributed by atoms with van der Waals surface area (Å²) >= 11 is 0. The standard InChI is InChI=1S/C34H37N3O5S/c1-4-35-34(39)32(22-27-15-7-5-8-16-27)36(24-28-17-12-11-14-26(28)2)33(38)25-37(29-18-13-19-30(23-29)42-3)43(40,41)31-20-9-6-10-21-31/h5-21,23,32H,4,22,24-25H2,1-3H3,(H,35,39)/t32-/m1/s1. The summed E-state index contributed by atoms with van der Waals surface area (Å²) in [7, 11) is -2.68. The van der Waals surface area contributed by atoms with Gasteiger partial charge in [0, 0.05) is 25.6 Å². The number of ether oxygens (including phenoxy) is 1. The highest BCUT2D eigenvalue weighted by atomic mass is 32.2. The fourth-order valence-corrected chi connectivity index (χ4v) is 6.26. The van der Waals surface area contributed by atoms with Crippen LogP contribution in [0.2, 0.25) is 0 Å². The molecule has 43 heavy (non-hydrogen) atoms. The predicted molar refractivity (Wildman–Crippen MR) is 168 cm³/mol. The van der Waals surface area contributed by atoms with E-state index in [1.54, 1.807) is 42.5 Å². The molecule has 0 spiro atoms. The SMILES string of the molecule is CCNC(=O)[C@@H](Cc1ccccc1)N(Cc1ccccc1C)C(=O)CN(c1cccc(OC)c1)S(=O)(=O)c1ccccc1. The Labute approximate surface area is 254 Å². The molecular formula is C34H37N3O5S. The van der Waals surface area contributed by atoms with Gasteiger partial charge in [-0.2, -0.15) is 0 Å². The Morgan fingerprint density at radius 3 is 2.16 bits per heavy atom. The van der Waals surface area contributed by atoms with E-state index < -0.39 is 28.5 Å². The number of rotatable bonds is 13. The molecule has 0 aliphatic heterocycles. The van der Waals surface area contributed by atoms with Gasteiger partial charge in [-0.1, -0.05) is 78.9 Å². The Bertz CT molecular complexity index is 1630. The number of amides is 2. The van der Waals surface area contributed by atoms with Crippen molar-refractivity contribution in [3.8, 4) is 5.75 Å². The first kappa shape index (κ1) is 31.3. The number of nitrogens with one attached hydrogen (secondary N) is 1. The highest BCUT2D eigenvalue weighted by Crippen LogP contribution is 2.28. The van der Waals surface area contributed by atoms with Gasteiger partial charge in [0.2, 0.25) is 11.8 Å². The molecule has 0 fully saturated rings. The molecular weight excluding hydrogens is 562 g/mol. The lowest BCUT2D eigenvalue weighted by Gasteiger charge is -2.34. The zero-order chi connectivity index (χ0) is 30.8. The zero-order valence-corrected chi connectivity index (χ0v) is 25.5. The van der Waals surface area contributed by atoms with Crippen LogP contribution in [0.3, 0.4) is 0 Å². The maximum Gasteiger partial charge on any atom is 0.264 e. The largest absolute Gasteiger partial charge is 0.497 e. The molecule has 0 aliphatic carbocycles. The number of aryl methyl sites for hydroxylation is 1. The molecule has 0 bridgehead atoms. The van der Waals surface area contributed by atoms with E-state index in [0.29, 0.717) is 12.3 Å². The van der Waals surface area contributed by atoms with E-state index in [2.05, 4.69) is 5.32 Å². The van der Waals surface area contributed by atoms with Gasteiger partial charge in [0.15, 0.2) is 0 Å². The molecule has 4 rings (SSSR count). The van der Waals surface area contributed by atoms with E-state index in [1.807, 2.05) is 68.4 Å². The van der Waals surface area contributed by atoms with Gasteiger partial charge in [0.1, 0.15) is 18.3 Å². The Morgan fingerprint density at radius 2 is 1.51 bits per heavy atom. The van der Waals surface area contributed by atoms with Crippen molar-refractivity contribution in [1.29, 1.82) is 0 Å². The third kappa shape index (κ3) is 7.81. The Hall–Kier alpha value is -4.63. The van der Waals surface area contributed by atoms with Gasteiger partial charge in [-0.25, -0.2) is 8.42 Å². The van der Waals surface area contributed by atoms with Crippen LogP contribution in [-0.2, 0) is 32.6 Å². The zero-order valence-electron chi connectivity index (χ0n) is 24.6. The third-order valence-corrected chi connectivity index (χ3v) is 8.96. The summed E-state index contributed by atoms with van der Waals surface area (Å²) in [6.07, 6.45) is 0.259. The second kappa shape index (κ2) is 14.5. The summed E-state index contributed by atoms with van der Waals surface area (Å²) in [5, 5.41) is 2.88. The van der Waals surface area contributed by atoms with Gasteiger partial charge in [-0.15, -0.1) is 0 Å². The summed E-state index contributed by atoms with van der Waals surface area (Å²) in [6.45, 7) is 3.74. The van der Waals surface area contributed by atoms with Crippen molar-refractivity contribution < 1.29 is 22.7 Å². The van der Waals surface area contributed by atoms with Crippen LogP contribution in [0.1, 0.15) is 23.6 Å². The van der Waals surface area contributed by atoms with E-state index >= 15 is 0 Å². The first-order chi connectivity index (χ1) is 20.7. The van der Waals surface area contributed by atoms with Crippen molar-refractivity contribution in [2.75, 3.05) is 24.5 Å². The second-order valence-electron chi connectivity index (χ2n) is 10.1. The first-order valence-electron chi connectivity index (χ1n) is 14.1. The fourth-order valence-electron chi connectivity index (χ4n) is 4.83. The minimum Gasteiger partial charge on any atom is -0.497 e. The van der Waals surface area contributed by atoms with Crippen LogP contribution < -0.4 is 14.4 Å². The molecule has 9 heteroatoms. The Kier molecular flexibility index (Phi) is 10.6. The average Bonchev–Trinajstić information content (AvgIpc) is 3.03. The van der Waals surface area contributed by atoms with Crippen LogP contribution in [-0.4, -0.2) is 51.4 Å². The molecule has 4 aromatic carbocycles. The third-order valence-electron chi connectivity index (χ3n) is 7.18. The van der Waals surface area contributed by atoms with E-state index in [4.69, 9.17) is 4.74 Å². The summed E-state index contributed by atoms with van der Waals surface area (Å²) in [5.74, 6) is -0.385. The number of anilines is 1. The number of carbonyl (C=O) groups excluding carboxylic acids is 2. The van der Waals surface area contributed by atoms with Crippen molar-refractivity contribution in [3.05, 3.63) is 126 Å². The minimum atomic E-state index is -4.17. The maximum atomic E-state index is 14.4. The maximum absolute atomic E-state index is 14.4. The lowest BCUT2D eigenvalue weighted by molar-refractivity contribution is -0.140. The van der Waals surface area contributed by atoms with E-state index in [0.717, 1.165) is 21.0 Å². The highest BCUT2D eigenvalue weighted by molar-refractivity contribution is 7.92. The van der Waals surface area contributed by atoms with Gasteiger partial charge in [-0.3, -0.25) is 13.9 Å². The summed E-state index contributed by atoms with van der Waals surface area (Å²) < 4.78 is 34.5. The van der Waals surface area contributed by atoms with Crippen molar-refractivity contribution in [2.45, 2.75) is 37.8 Å². The molecule has 0 heterocycles. The first-order valence-corrected chi connectivity index (χ1v) is 15.6. The predicted octanol–water partition coefficient (Wildman–Crippen LogP) is 4.98. The molecule has 8 nitrogen and oxygen atoms in total. The molecule has 224 valence electrons. The summed E-state index contributed by atoms with van der Waals surface area (Å²) in [5.41, 5.74) is 2.96. The molecule has 2 amide bonds. The molecule has 1 N–H and O–H groups in total. The minimum absolute atomic E-state index is 0.0423. The van der Waals surface area contributed by atoms with Gasteiger partial charge >= 0.3 is 0 Å². The quantitative estimate of drug-likeness (QED) is 0.234. The number of carbonyl (C=O) groups is 2. The van der Waals surface area contributed by atoms with Crippen molar-refractivity contribution in [2.24, 2.45) is 0 Å². The number of hydrogen-bond acceptors (Lipinski definition) is 5. The Balaban J connectivity index is 1.81. The molecule has 0 saturated heterocycles. The molecule has 0 aliphatic rings. The molecule has 1 atom stereocenters. The van der Waals surface area contributed by atoms with Gasteiger partial charge < -0.3 is 15.0 Å². The topological polar surface area (TPSA) is 96.0 Å². The van der Waals surface area contributed by atoms with Crippen molar-refractivity contribution >= 4 is 27.5 Å². The molecule has 4 aromatic rings. The number of hydrogen-bond donors (Lipinski definition) is 1. The van der Waals surface area contributed by atoms with E-state index in [1.165, 1.54) is 24.1 Å². The van der Waals surface area contributed by atoms with Crippen LogP contribution in [0.5, 0.6) is 5.75 Å². The van der Waals surface area contributed by atoms with Gasteiger partial charge in [0.25, 0.3) is 10.0 Å². The number of likely N-dealkylation sites (N-methyl/N-ethyl adjacent to an activating group) is 1. The van der Waals surface area contributed by atoms with Crippen LogP contribution in [0.4, 0.5) is 5.69 Å². The molecule has 0 aromatic heterocycles. The summed E-state index contributed by atoms with van der Waals surface area (Å²) in [6, 6.07) is 30.8. The summed E-state index contributed by atoms with van der Waals surface area (Å²) in [4.78, 5) is 29.5. The van der Waals surface area contributed by atoms with Crippen LogP contribution >= 0.6 is 0 Å². The monoisotopic (exact) mass is 599 g/mol. The molecule has 0 saturated carbocycles.